The molecule has 0 spiro atoms. The maximum atomic E-state index is 4.43. The van der Waals surface area contributed by atoms with Gasteiger partial charge in [0.1, 0.15) is 5.82 Å². The topological polar surface area (TPSA) is 37.8 Å². The molecule has 1 N–H and O–H groups in total. The van der Waals surface area contributed by atoms with E-state index < -0.39 is 0 Å². The molecule has 0 amide bonds. The van der Waals surface area contributed by atoms with Crippen LogP contribution in [0.1, 0.15) is 38.2 Å². The number of aromatic nitrogens is 2. The van der Waals surface area contributed by atoms with Crippen LogP contribution in [0.5, 0.6) is 0 Å². The van der Waals surface area contributed by atoms with Gasteiger partial charge in [-0.1, -0.05) is 13.8 Å². The van der Waals surface area contributed by atoms with E-state index in [0.717, 1.165) is 18.1 Å². The number of rotatable bonds is 4. The molecule has 78 valence electrons. The lowest BCUT2D eigenvalue weighted by Crippen LogP contribution is -2.31. The van der Waals surface area contributed by atoms with Crippen LogP contribution in [0.15, 0.2) is 12.3 Å². The van der Waals surface area contributed by atoms with Gasteiger partial charge in [-0.05, 0) is 26.5 Å². The maximum absolute atomic E-state index is 4.43. The van der Waals surface area contributed by atoms with Crippen LogP contribution in [0.2, 0.25) is 0 Å². The summed E-state index contributed by atoms with van der Waals surface area (Å²) in [6.07, 6.45) is 1.83. The Balaban J connectivity index is 2.73. The molecular formula is C11H19N3. The fraction of sp³-hybridized carbons (Fsp3) is 0.636. The molecule has 1 aromatic rings. The normalized spacial score (nSPS) is 15.1. The molecule has 1 rings (SSSR count). The van der Waals surface area contributed by atoms with E-state index in [0.29, 0.717) is 12.0 Å². The Morgan fingerprint density at radius 3 is 2.71 bits per heavy atom. The Morgan fingerprint density at radius 2 is 2.14 bits per heavy atom. The van der Waals surface area contributed by atoms with Crippen molar-refractivity contribution >= 4 is 0 Å². The predicted octanol–water partition coefficient (Wildman–Crippen LogP) is 1.89. The first kappa shape index (κ1) is 11.1. The lowest BCUT2D eigenvalue weighted by molar-refractivity contribution is 0.478. The molecule has 2 unspecified atom stereocenters. The number of nitrogens with zero attached hydrogens (tertiary/aromatic N) is 2. The minimum atomic E-state index is 0.356. The molecule has 3 heteroatoms. The van der Waals surface area contributed by atoms with Gasteiger partial charge in [-0.15, -0.1) is 0 Å². The predicted molar refractivity (Wildman–Crippen MR) is 58.3 cm³/mol. The third-order valence-electron chi connectivity index (χ3n) is 2.50. The second-order valence-corrected chi connectivity index (χ2v) is 3.69. The SMILES string of the molecule is CCNC(C)C(C)c1nccc(C)n1. The number of aryl methyl sites for hydroxylation is 1. The first-order valence-electron chi connectivity index (χ1n) is 5.18. The van der Waals surface area contributed by atoms with Crippen molar-refractivity contribution in [3.8, 4) is 0 Å². The Morgan fingerprint density at radius 1 is 1.43 bits per heavy atom. The van der Waals surface area contributed by atoms with E-state index in [4.69, 9.17) is 0 Å². The van der Waals surface area contributed by atoms with E-state index in [1.54, 1.807) is 0 Å². The van der Waals surface area contributed by atoms with E-state index in [2.05, 4.69) is 36.1 Å². The van der Waals surface area contributed by atoms with Gasteiger partial charge in [-0.2, -0.15) is 0 Å². The van der Waals surface area contributed by atoms with Crippen molar-refractivity contribution in [2.24, 2.45) is 0 Å². The lowest BCUT2D eigenvalue weighted by Gasteiger charge is -2.19. The summed E-state index contributed by atoms with van der Waals surface area (Å²) in [5.41, 5.74) is 1.03. The van der Waals surface area contributed by atoms with Crippen LogP contribution in [0.25, 0.3) is 0 Å². The van der Waals surface area contributed by atoms with Gasteiger partial charge in [0.05, 0.1) is 0 Å². The summed E-state index contributed by atoms with van der Waals surface area (Å²) < 4.78 is 0. The molecule has 0 saturated carbocycles. The first-order valence-corrected chi connectivity index (χ1v) is 5.18. The molecule has 14 heavy (non-hydrogen) atoms. The fourth-order valence-corrected chi connectivity index (χ4v) is 1.41. The third kappa shape index (κ3) is 2.77. The molecule has 0 saturated heterocycles. The molecule has 0 radical (unpaired) electrons. The van der Waals surface area contributed by atoms with Crippen LogP contribution in [-0.4, -0.2) is 22.6 Å². The summed E-state index contributed by atoms with van der Waals surface area (Å²) in [7, 11) is 0. The number of likely N-dealkylation sites (N-methyl/N-ethyl adjacent to an activating group) is 1. The number of hydrogen-bond donors (Lipinski definition) is 1. The van der Waals surface area contributed by atoms with Crippen LogP contribution in [0.3, 0.4) is 0 Å². The molecule has 2 atom stereocenters. The van der Waals surface area contributed by atoms with Crippen molar-refractivity contribution in [3.63, 3.8) is 0 Å². The van der Waals surface area contributed by atoms with Gasteiger partial charge in [0, 0.05) is 23.9 Å². The highest BCUT2D eigenvalue weighted by Crippen LogP contribution is 2.14. The van der Waals surface area contributed by atoms with Crippen molar-refractivity contribution in [1.29, 1.82) is 0 Å². The van der Waals surface area contributed by atoms with E-state index in [9.17, 15) is 0 Å². The highest BCUT2D eigenvalue weighted by molar-refractivity contribution is 5.05. The summed E-state index contributed by atoms with van der Waals surface area (Å²) >= 11 is 0. The molecule has 0 aromatic carbocycles. The highest BCUT2D eigenvalue weighted by atomic mass is 14.9. The zero-order chi connectivity index (χ0) is 10.6. The highest BCUT2D eigenvalue weighted by Gasteiger charge is 2.15. The minimum Gasteiger partial charge on any atom is -0.314 e. The molecule has 0 aliphatic carbocycles. The molecule has 3 nitrogen and oxygen atoms in total. The van der Waals surface area contributed by atoms with Gasteiger partial charge in [-0.25, -0.2) is 9.97 Å². The smallest absolute Gasteiger partial charge is 0.132 e. The van der Waals surface area contributed by atoms with Crippen LogP contribution in [0.4, 0.5) is 0 Å². The van der Waals surface area contributed by atoms with Gasteiger partial charge in [0.15, 0.2) is 0 Å². The molecule has 0 fully saturated rings. The van der Waals surface area contributed by atoms with Crippen molar-refractivity contribution in [3.05, 3.63) is 23.8 Å². The zero-order valence-corrected chi connectivity index (χ0v) is 9.41. The van der Waals surface area contributed by atoms with Crippen molar-refractivity contribution in [2.45, 2.75) is 39.7 Å². The van der Waals surface area contributed by atoms with E-state index >= 15 is 0 Å². The summed E-state index contributed by atoms with van der Waals surface area (Å²) in [6.45, 7) is 9.41. The zero-order valence-electron chi connectivity index (χ0n) is 9.41. The van der Waals surface area contributed by atoms with Crippen LogP contribution in [-0.2, 0) is 0 Å². The average Bonchev–Trinajstić information content (AvgIpc) is 2.17. The molecule has 1 aromatic heterocycles. The summed E-state index contributed by atoms with van der Waals surface area (Å²) in [4.78, 5) is 8.72. The van der Waals surface area contributed by atoms with E-state index in [1.807, 2.05) is 19.2 Å². The first-order chi connectivity index (χ1) is 6.65. The van der Waals surface area contributed by atoms with Crippen LogP contribution >= 0.6 is 0 Å². The summed E-state index contributed by atoms with van der Waals surface area (Å²) in [6, 6.07) is 2.34. The van der Waals surface area contributed by atoms with E-state index in [1.165, 1.54) is 0 Å². The Labute approximate surface area is 86.0 Å². The number of hydrogen-bond acceptors (Lipinski definition) is 3. The second-order valence-electron chi connectivity index (χ2n) is 3.69. The summed E-state index contributed by atoms with van der Waals surface area (Å²) in [5.74, 6) is 1.29. The van der Waals surface area contributed by atoms with Gasteiger partial charge >= 0.3 is 0 Å². The second kappa shape index (κ2) is 5.05. The van der Waals surface area contributed by atoms with Crippen LogP contribution in [0, 0.1) is 6.92 Å². The Hall–Kier alpha value is -0.960. The lowest BCUT2D eigenvalue weighted by atomic mass is 10.0. The van der Waals surface area contributed by atoms with Gasteiger partial charge in [0.2, 0.25) is 0 Å². The molecule has 0 aliphatic rings. The Kier molecular flexibility index (Phi) is 4.01. The van der Waals surface area contributed by atoms with Crippen LogP contribution < -0.4 is 5.32 Å². The van der Waals surface area contributed by atoms with Gasteiger partial charge < -0.3 is 5.32 Å². The fourth-order valence-electron chi connectivity index (χ4n) is 1.41. The number of nitrogens with one attached hydrogen (secondary N) is 1. The van der Waals surface area contributed by atoms with Gasteiger partial charge in [-0.3, -0.25) is 0 Å². The van der Waals surface area contributed by atoms with Crippen molar-refractivity contribution in [2.75, 3.05) is 6.54 Å². The standard InChI is InChI=1S/C11H19N3/c1-5-12-10(4)9(3)11-13-7-6-8(2)14-11/h6-7,9-10,12H,5H2,1-4H3. The van der Waals surface area contributed by atoms with Gasteiger partial charge in [0.25, 0.3) is 0 Å². The van der Waals surface area contributed by atoms with Crippen molar-refractivity contribution in [1.82, 2.24) is 15.3 Å². The van der Waals surface area contributed by atoms with E-state index in [-0.39, 0.29) is 0 Å². The third-order valence-corrected chi connectivity index (χ3v) is 2.50. The quantitative estimate of drug-likeness (QED) is 0.793. The Bertz CT molecular complexity index is 286. The maximum Gasteiger partial charge on any atom is 0.132 e. The monoisotopic (exact) mass is 193 g/mol. The minimum absolute atomic E-state index is 0.356. The molecule has 0 bridgehead atoms. The van der Waals surface area contributed by atoms with Crippen molar-refractivity contribution < 1.29 is 0 Å². The molecule has 0 aliphatic heterocycles. The molecule has 1 heterocycles. The largest absolute Gasteiger partial charge is 0.314 e. The molecular weight excluding hydrogens is 174 g/mol. The summed E-state index contributed by atoms with van der Waals surface area (Å²) in [5, 5.41) is 3.38. The average molecular weight is 193 g/mol.